The molecule has 146 valence electrons. The van der Waals surface area contributed by atoms with Crippen molar-refractivity contribution in [1.29, 1.82) is 0 Å². The van der Waals surface area contributed by atoms with E-state index in [9.17, 15) is 13.9 Å². The number of β-amino-alcohol motifs (C(OH)–C–C–N with tert-alkyl or cyclic N) is 1. The maximum Gasteiger partial charge on any atom is 0.250 e. The van der Waals surface area contributed by atoms with E-state index in [-0.39, 0.29) is 19.4 Å². The summed E-state index contributed by atoms with van der Waals surface area (Å²) in [6.07, 6.45) is 3.12. The first-order chi connectivity index (χ1) is 12.5. The van der Waals surface area contributed by atoms with E-state index in [0.717, 1.165) is 24.4 Å². The summed E-state index contributed by atoms with van der Waals surface area (Å²) in [6.45, 7) is 4.65. The fourth-order valence-corrected chi connectivity index (χ4v) is 3.67. The second kappa shape index (κ2) is 9.11. The second-order valence-electron chi connectivity index (χ2n) is 7.60. The lowest BCUT2D eigenvalue weighted by atomic mass is 10.1. The highest BCUT2D eigenvalue weighted by Crippen LogP contribution is 2.28. The van der Waals surface area contributed by atoms with Crippen LogP contribution in [0.4, 0.5) is 8.78 Å². The second-order valence-corrected chi connectivity index (χ2v) is 7.60. The van der Waals surface area contributed by atoms with Crippen LogP contribution in [0.3, 0.4) is 0 Å². The van der Waals surface area contributed by atoms with Gasteiger partial charge >= 0.3 is 0 Å². The van der Waals surface area contributed by atoms with E-state index in [1.165, 1.54) is 19.3 Å². The maximum atomic E-state index is 13.2. The maximum absolute atomic E-state index is 13.2. The zero-order valence-electron chi connectivity index (χ0n) is 15.4. The van der Waals surface area contributed by atoms with Crippen LogP contribution in [0.25, 0.3) is 0 Å². The molecule has 0 aliphatic carbocycles. The summed E-state index contributed by atoms with van der Waals surface area (Å²) in [5, 5.41) is 10.1. The topological polar surface area (TPSA) is 35.9 Å². The monoisotopic (exact) mass is 368 g/mol. The first-order valence-electron chi connectivity index (χ1n) is 9.72. The Morgan fingerprint density at radius 3 is 2.27 bits per heavy atom. The summed E-state index contributed by atoms with van der Waals surface area (Å²) >= 11 is 0. The number of rotatable bonds is 7. The van der Waals surface area contributed by atoms with Crippen molar-refractivity contribution in [2.75, 3.05) is 39.3 Å². The molecule has 2 saturated heterocycles. The largest absolute Gasteiger partial charge is 0.491 e. The molecule has 0 saturated carbocycles. The fourth-order valence-electron chi connectivity index (χ4n) is 3.67. The van der Waals surface area contributed by atoms with Gasteiger partial charge in [-0.15, -0.1) is 0 Å². The van der Waals surface area contributed by atoms with Crippen molar-refractivity contribution >= 4 is 0 Å². The normalized spacial score (nSPS) is 22.9. The molecule has 26 heavy (non-hydrogen) atoms. The SMILES string of the molecule is O[C@@H](COc1ccc(CN2CCC(F)(F)CC2)cc1)CN1CCCCC1. The lowest BCUT2D eigenvalue weighted by Crippen LogP contribution is -2.38. The van der Waals surface area contributed by atoms with Gasteiger partial charge in [0.1, 0.15) is 18.5 Å². The van der Waals surface area contributed by atoms with E-state index in [0.29, 0.717) is 26.2 Å². The summed E-state index contributed by atoms with van der Waals surface area (Å²) in [5.41, 5.74) is 1.09. The third kappa shape index (κ3) is 6.18. The molecule has 1 N–H and O–H groups in total. The highest BCUT2D eigenvalue weighted by atomic mass is 19.3. The van der Waals surface area contributed by atoms with Gasteiger partial charge in [-0.25, -0.2) is 8.78 Å². The predicted octanol–water partition coefficient (Wildman–Crippen LogP) is 3.14. The molecule has 1 atom stereocenters. The van der Waals surface area contributed by atoms with E-state index in [1.807, 2.05) is 24.3 Å². The zero-order valence-corrected chi connectivity index (χ0v) is 15.4. The first kappa shape index (κ1) is 19.5. The minimum atomic E-state index is -2.50. The summed E-state index contributed by atoms with van der Waals surface area (Å²) in [6, 6.07) is 7.72. The Morgan fingerprint density at radius 1 is 0.962 bits per heavy atom. The molecule has 0 spiro atoms. The molecule has 0 unspecified atom stereocenters. The summed E-state index contributed by atoms with van der Waals surface area (Å²) in [4.78, 5) is 4.36. The lowest BCUT2D eigenvalue weighted by molar-refractivity contribution is -0.0566. The molecule has 2 fully saturated rings. The summed E-state index contributed by atoms with van der Waals surface area (Å²) in [5.74, 6) is -1.76. The Hall–Kier alpha value is -1.24. The highest BCUT2D eigenvalue weighted by molar-refractivity contribution is 5.27. The van der Waals surface area contributed by atoms with Gasteiger partial charge in [0.25, 0.3) is 5.92 Å². The van der Waals surface area contributed by atoms with Crippen LogP contribution in [0.5, 0.6) is 5.75 Å². The molecule has 2 heterocycles. The standard InChI is InChI=1S/C20H30F2N2O2/c21-20(22)8-12-24(13-9-20)14-17-4-6-19(7-5-17)26-16-18(25)15-23-10-2-1-3-11-23/h4-7,18,25H,1-3,8-16H2/t18-/m1/s1. The fraction of sp³-hybridized carbons (Fsp3) is 0.700. The van der Waals surface area contributed by atoms with Crippen LogP contribution < -0.4 is 4.74 Å². The first-order valence-corrected chi connectivity index (χ1v) is 9.72. The molecule has 4 nitrogen and oxygen atoms in total. The number of piperidine rings is 2. The predicted molar refractivity (Wildman–Crippen MR) is 97.7 cm³/mol. The number of likely N-dealkylation sites (tertiary alicyclic amines) is 2. The number of aliphatic hydroxyl groups excluding tert-OH is 1. The van der Waals surface area contributed by atoms with Gasteiger partial charge in [-0.1, -0.05) is 18.6 Å². The molecule has 2 aliphatic heterocycles. The molecule has 1 aromatic rings. The molecule has 0 aromatic heterocycles. The highest BCUT2D eigenvalue weighted by Gasteiger charge is 2.33. The van der Waals surface area contributed by atoms with Gasteiger partial charge < -0.3 is 14.7 Å². The van der Waals surface area contributed by atoms with E-state index >= 15 is 0 Å². The lowest BCUT2D eigenvalue weighted by Gasteiger charge is -2.31. The van der Waals surface area contributed by atoms with Gasteiger partial charge in [0, 0.05) is 39.0 Å². The van der Waals surface area contributed by atoms with E-state index in [2.05, 4.69) is 9.80 Å². The van der Waals surface area contributed by atoms with Crippen LogP contribution in [0.2, 0.25) is 0 Å². The smallest absolute Gasteiger partial charge is 0.250 e. The van der Waals surface area contributed by atoms with E-state index in [4.69, 9.17) is 4.74 Å². The molecule has 1 aromatic carbocycles. The number of nitrogens with zero attached hydrogens (tertiary/aromatic N) is 2. The number of aliphatic hydroxyl groups is 1. The molecular weight excluding hydrogens is 338 g/mol. The third-order valence-corrected chi connectivity index (χ3v) is 5.28. The van der Waals surface area contributed by atoms with Gasteiger partial charge in [0.05, 0.1) is 0 Å². The zero-order chi connectivity index (χ0) is 18.4. The van der Waals surface area contributed by atoms with Crippen LogP contribution in [0.15, 0.2) is 24.3 Å². The number of hydrogen-bond acceptors (Lipinski definition) is 4. The minimum Gasteiger partial charge on any atom is -0.491 e. The van der Waals surface area contributed by atoms with Gasteiger partial charge in [-0.2, -0.15) is 0 Å². The van der Waals surface area contributed by atoms with Gasteiger partial charge in [-0.3, -0.25) is 4.90 Å². The minimum absolute atomic E-state index is 0.0525. The Bertz CT molecular complexity index is 537. The van der Waals surface area contributed by atoms with Crippen molar-refractivity contribution in [3.63, 3.8) is 0 Å². The van der Waals surface area contributed by atoms with E-state index < -0.39 is 12.0 Å². The molecule has 3 rings (SSSR count). The third-order valence-electron chi connectivity index (χ3n) is 5.28. The Balaban J connectivity index is 1.38. The summed E-state index contributed by atoms with van der Waals surface area (Å²) in [7, 11) is 0. The average molecular weight is 368 g/mol. The number of alkyl halides is 2. The number of halogens is 2. The molecule has 0 radical (unpaired) electrons. The molecule has 0 bridgehead atoms. The summed E-state index contributed by atoms with van der Waals surface area (Å²) < 4.78 is 32.1. The van der Waals surface area contributed by atoms with Crippen molar-refractivity contribution in [1.82, 2.24) is 9.80 Å². The Labute approximate surface area is 154 Å². The number of benzene rings is 1. The molecule has 6 heteroatoms. The van der Waals surface area contributed by atoms with Crippen LogP contribution in [-0.2, 0) is 6.54 Å². The Kier molecular flexibility index (Phi) is 6.84. The van der Waals surface area contributed by atoms with Crippen molar-refractivity contribution < 1.29 is 18.6 Å². The van der Waals surface area contributed by atoms with Crippen LogP contribution in [0, 0.1) is 0 Å². The van der Waals surface area contributed by atoms with Gasteiger partial charge in [0.2, 0.25) is 0 Å². The number of hydrogen-bond donors (Lipinski definition) is 1. The van der Waals surface area contributed by atoms with E-state index in [1.54, 1.807) is 0 Å². The van der Waals surface area contributed by atoms with Crippen LogP contribution in [-0.4, -0.2) is 66.3 Å². The van der Waals surface area contributed by atoms with Crippen LogP contribution in [0.1, 0.15) is 37.7 Å². The van der Waals surface area contributed by atoms with Gasteiger partial charge in [-0.05, 0) is 43.6 Å². The average Bonchev–Trinajstić information content (AvgIpc) is 2.64. The Morgan fingerprint density at radius 2 is 1.62 bits per heavy atom. The molecular formula is C20H30F2N2O2. The van der Waals surface area contributed by atoms with Crippen molar-refractivity contribution in [2.45, 2.75) is 50.7 Å². The van der Waals surface area contributed by atoms with Crippen molar-refractivity contribution in [2.24, 2.45) is 0 Å². The van der Waals surface area contributed by atoms with Gasteiger partial charge in [0.15, 0.2) is 0 Å². The van der Waals surface area contributed by atoms with Crippen molar-refractivity contribution in [3.8, 4) is 5.75 Å². The van der Waals surface area contributed by atoms with Crippen LogP contribution >= 0.6 is 0 Å². The number of ether oxygens (including phenoxy) is 1. The molecule has 2 aliphatic rings. The van der Waals surface area contributed by atoms with Crippen molar-refractivity contribution in [3.05, 3.63) is 29.8 Å². The quantitative estimate of drug-likeness (QED) is 0.802. The molecule has 0 amide bonds.